The number of carbonyl (C=O) groups excluding carboxylic acids is 2. The van der Waals surface area contributed by atoms with Crippen molar-refractivity contribution in [3.63, 3.8) is 0 Å². The van der Waals surface area contributed by atoms with E-state index in [0.717, 1.165) is 10.8 Å². The van der Waals surface area contributed by atoms with E-state index in [1.165, 1.54) is 6.92 Å². The lowest BCUT2D eigenvalue weighted by molar-refractivity contribution is -0.118. The van der Waals surface area contributed by atoms with E-state index >= 15 is 0 Å². The molecule has 2 N–H and O–H groups in total. The molecule has 1 amide bonds. The number of carbonyl (C=O) groups is 2. The Hall–Kier alpha value is -2.40. The Balaban J connectivity index is 2.48. The molecule has 0 aliphatic carbocycles. The number of amides is 1. The van der Waals surface area contributed by atoms with Crippen molar-refractivity contribution in [1.82, 2.24) is 4.68 Å². The molecule has 1 aromatic carbocycles. The number of hydrogen-bond acceptors (Lipinski definition) is 3. The molecule has 20 heavy (non-hydrogen) atoms. The molecule has 1 heterocycles. The summed E-state index contributed by atoms with van der Waals surface area (Å²) in [6.07, 6.45) is 0. The standard InChI is InChI=1S/C15H17N3O2/c1-10-9-14(11(2)17(10)18(16)12(3)19)15(20)13-7-5-4-6-8-13/h4-9H,16H2,1-3H3. The molecule has 2 aromatic rings. The van der Waals surface area contributed by atoms with Crippen LogP contribution in [0.1, 0.15) is 34.2 Å². The Kier molecular flexibility index (Phi) is 3.72. The molecule has 0 aliphatic heterocycles. The number of hydrazine groups is 1. The van der Waals surface area contributed by atoms with Gasteiger partial charge in [-0.15, -0.1) is 0 Å². The summed E-state index contributed by atoms with van der Waals surface area (Å²) < 4.78 is 1.54. The average Bonchev–Trinajstić information content (AvgIpc) is 2.73. The predicted molar refractivity (Wildman–Crippen MR) is 76.9 cm³/mol. The van der Waals surface area contributed by atoms with Crippen LogP contribution in [0.25, 0.3) is 0 Å². The normalized spacial score (nSPS) is 10.4. The summed E-state index contributed by atoms with van der Waals surface area (Å²) in [5, 5.41) is 1.01. The van der Waals surface area contributed by atoms with Crippen LogP contribution < -0.4 is 11.0 Å². The van der Waals surface area contributed by atoms with Gasteiger partial charge in [0, 0.05) is 29.4 Å². The van der Waals surface area contributed by atoms with Gasteiger partial charge < -0.3 is 0 Å². The van der Waals surface area contributed by atoms with Gasteiger partial charge in [-0.3, -0.25) is 9.59 Å². The number of nitrogens with zero attached hydrogens (tertiary/aromatic N) is 2. The molecule has 2 rings (SSSR count). The molecule has 0 fully saturated rings. The van der Waals surface area contributed by atoms with Crippen molar-refractivity contribution in [2.75, 3.05) is 5.12 Å². The quantitative estimate of drug-likeness (QED) is 0.400. The highest BCUT2D eigenvalue weighted by Crippen LogP contribution is 2.18. The summed E-state index contributed by atoms with van der Waals surface area (Å²) in [6, 6.07) is 10.8. The molecule has 104 valence electrons. The summed E-state index contributed by atoms with van der Waals surface area (Å²) >= 11 is 0. The van der Waals surface area contributed by atoms with Crippen molar-refractivity contribution in [2.45, 2.75) is 20.8 Å². The molecular formula is C15H17N3O2. The maximum Gasteiger partial charge on any atom is 0.253 e. The highest BCUT2D eigenvalue weighted by molar-refractivity contribution is 6.10. The number of benzene rings is 1. The zero-order valence-corrected chi connectivity index (χ0v) is 11.8. The summed E-state index contributed by atoms with van der Waals surface area (Å²) in [5.41, 5.74) is 2.54. The van der Waals surface area contributed by atoms with Gasteiger partial charge in [0.15, 0.2) is 5.78 Å². The minimum absolute atomic E-state index is 0.0816. The van der Waals surface area contributed by atoms with Gasteiger partial charge in [-0.1, -0.05) is 30.3 Å². The summed E-state index contributed by atoms with van der Waals surface area (Å²) in [5.74, 6) is 5.35. The maximum absolute atomic E-state index is 12.5. The van der Waals surface area contributed by atoms with Crippen molar-refractivity contribution in [1.29, 1.82) is 0 Å². The van der Waals surface area contributed by atoms with Crippen LogP contribution >= 0.6 is 0 Å². The van der Waals surface area contributed by atoms with Gasteiger partial charge in [0.2, 0.25) is 0 Å². The minimum Gasteiger partial charge on any atom is -0.289 e. The fourth-order valence-electron chi connectivity index (χ4n) is 2.20. The van der Waals surface area contributed by atoms with Crippen LogP contribution in [0.2, 0.25) is 0 Å². The van der Waals surface area contributed by atoms with Crippen LogP contribution in [-0.2, 0) is 4.79 Å². The van der Waals surface area contributed by atoms with Crippen LogP contribution in [0.5, 0.6) is 0 Å². The van der Waals surface area contributed by atoms with Gasteiger partial charge in [0.25, 0.3) is 5.91 Å². The molecule has 5 heteroatoms. The van der Waals surface area contributed by atoms with Crippen molar-refractivity contribution in [2.24, 2.45) is 5.84 Å². The van der Waals surface area contributed by atoms with Gasteiger partial charge in [0.05, 0.1) is 0 Å². The third-order valence-electron chi connectivity index (χ3n) is 3.21. The summed E-state index contributed by atoms with van der Waals surface area (Å²) in [7, 11) is 0. The molecule has 0 bridgehead atoms. The fourth-order valence-corrected chi connectivity index (χ4v) is 2.20. The maximum atomic E-state index is 12.5. The first-order chi connectivity index (χ1) is 9.43. The monoisotopic (exact) mass is 271 g/mol. The molecule has 0 unspecified atom stereocenters. The number of aromatic nitrogens is 1. The van der Waals surface area contributed by atoms with Crippen molar-refractivity contribution in [3.05, 3.63) is 58.9 Å². The van der Waals surface area contributed by atoms with Crippen LogP contribution in [-0.4, -0.2) is 16.4 Å². The van der Waals surface area contributed by atoms with E-state index in [1.54, 1.807) is 36.7 Å². The van der Waals surface area contributed by atoms with Gasteiger partial charge in [-0.2, -0.15) is 5.12 Å². The van der Waals surface area contributed by atoms with Crippen molar-refractivity contribution < 1.29 is 9.59 Å². The molecule has 0 saturated heterocycles. The number of rotatable bonds is 3. The van der Waals surface area contributed by atoms with Gasteiger partial charge in [-0.05, 0) is 19.9 Å². The summed E-state index contributed by atoms with van der Waals surface area (Å²) in [6.45, 7) is 4.95. The van der Waals surface area contributed by atoms with Gasteiger partial charge >= 0.3 is 0 Å². The minimum atomic E-state index is -0.300. The smallest absolute Gasteiger partial charge is 0.253 e. The van der Waals surface area contributed by atoms with E-state index in [1.807, 2.05) is 18.2 Å². The molecule has 0 atom stereocenters. The van der Waals surface area contributed by atoms with Crippen LogP contribution in [0.15, 0.2) is 36.4 Å². The predicted octanol–water partition coefficient (Wildman–Crippen LogP) is 1.69. The van der Waals surface area contributed by atoms with Crippen molar-refractivity contribution >= 4 is 11.7 Å². The van der Waals surface area contributed by atoms with E-state index < -0.39 is 0 Å². The molecule has 5 nitrogen and oxygen atoms in total. The summed E-state index contributed by atoms with van der Waals surface area (Å²) in [4.78, 5) is 23.9. The number of nitrogens with two attached hydrogens (primary N) is 1. The van der Waals surface area contributed by atoms with Crippen LogP contribution in [0.4, 0.5) is 0 Å². The number of hydrogen-bond donors (Lipinski definition) is 1. The molecular weight excluding hydrogens is 254 g/mol. The molecule has 1 aromatic heterocycles. The second-order valence-electron chi connectivity index (χ2n) is 4.66. The van der Waals surface area contributed by atoms with Crippen molar-refractivity contribution in [3.8, 4) is 0 Å². The van der Waals surface area contributed by atoms with E-state index in [9.17, 15) is 9.59 Å². The fraction of sp³-hybridized carbons (Fsp3) is 0.200. The topological polar surface area (TPSA) is 68.3 Å². The van der Waals surface area contributed by atoms with Crippen LogP contribution in [0, 0.1) is 13.8 Å². The Morgan fingerprint density at radius 3 is 2.30 bits per heavy atom. The number of ketones is 1. The SMILES string of the molecule is CC(=O)N(N)n1c(C)cc(C(=O)c2ccccc2)c1C. The average molecular weight is 271 g/mol. The third kappa shape index (κ3) is 2.35. The van der Waals surface area contributed by atoms with E-state index in [4.69, 9.17) is 5.84 Å². The first kappa shape index (κ1) is 14.0. The van der Waals surface area contributed by atoms with E-state index in [-0.39, 0.29) is 11.7 Å². The lowest BCUT2D eigenvalue weighted by Gasteiger charge is -2.19. The zero-order chi connectivity index (χ0) is 14.9. The Morgan fingerprint density at radius 1 is 1.15 bits per heavy atom. The van der Waals surface area contributed by atoms with E-state index in [0.29, 0.717) is 16.8 Å². The van der Waals surface area contributed by atoms with Gasteiger partial charge in [0.1, 0.15) is 0 Å². The highest BCUT2D eigenvalue weighted by Gasteiger charge is 2.20. The van der Waals surface area contributed by atoms with E-state index in [2.05, 4.69) is 0 Å². The Morgan fingerprint density at radius 2 is 1.75 bits per heavy atom. The Bertz CT molecular complexity index is 659. The third-order valence-corrected chi connectivity index (χ3v) is 3.21. The molecule has 0 saturated carbocycles. The molecule has 0 spiro atoms. The second kappa shape index (κ2) is 5.30. The lowest BCUT2D eigenvalue weighted by atomic mass is 10.0. The Labute approximate surface area is 117 Å². The highest BCUT2D eigenvalue weighted by atomic mass is 16.2. The zero-order valence-electron chi connectivity index (χ0n) is 11.8. The molecule has 0 radical (unpaired) electrons. The first-order valence-corrected chi connectivity index (χ1v) is 6.28. The number of aryl methyl sites for hydroxylation is 1. The lowest BCUT2D eigenvalue weighted by Crippen LogP contribution is -2.46. The molecule has 0 aliphatic rings. The van der Waals surface area contributed by atoms with Crippen LogP contribution in [0.3, 0.4) is 0 Å². The first-order valence-electron chi connectivity index (χ1n) is 6.28. The van der Waals surface area contributed by atoms with Gasteiger partial charge in [-0.25, -0.2) is 10.5 Å². The second-order valence-corrected chi connectivity index (χ2v) is 4.66. The largest absolute Gasteiger partial charge is 0.289 e.